The van der Waals surface area contributed by atoms with E-state index in [-0.39, 0.29) is 5.75 Å². The number of nitrogens with zero attached hydrogens (tertiary/aromatic N) is 1. The first-order chi connectivity index (χ1) is 8.52. The number of phenolic OH excluding ortho intramolecular Hbond substituents is 1. The number of hydrogen-bond acceptors (Lipinski definition) is 3. The Bertz CT molecular complexity index is 501. The summed E-state index contributed by atoms with van der Waals surface area (Å²) in [5, 5.41) is 10.3. The van der Waals surface area contributed by atoms with Crippen LogP contribution in [0.15, 0.2) is 15.5 Å². The summed E-state index contributed by atoms with van der Waals surface area (Å²) in [6.45, 7) is 3.80. The molecular weight excluding hydrogens is 294 g/mol. The van der Waals surface area contributed by atoms with E-state index in [1.54, 1.807) is 6.08 Å². The second-order valence-electron chi connectivity index (χ2n) is 4.97. The van der Waals surface area contributed by atoms with Crippen LogP contribution in [0, 0.1) is 13.8 Å². The Morgan fingerprint density at radius 2 is 2.00 bits per heavy atom. The van der Waals surface area contributed by atoms with E-state index >= 15 is 0 Å². The molecule has 0 saturated heterocycles. The first-order valence-electron chi connectivity index (χ1n) is 6.10. The van der Waals surface area contributed by atoms with Gasteiger partial charge in [0.05, 0.1) is 0 Å². The third kappa shape index (κ3) is 2.00. The number of phenols is 1. The largest absolute Gasteiger partial charge is 0.507 e. The molecule has 0 aliphatic heterocycles. The molecule has 0 radical (unpaired) electrons. The lowest BCUT2D eigenvalue weighted by Gasteiger charge is -2.27. The molecule has 18 heavy (non-hydrogen) atoms. The van der Waals surface area contributed by atoms with Gasteiger partial charge in [-0.1, -0.05) is 28.8 Å². The average Bonchev–Trinajstić information content (AvgIpc) is 2.77. The second-order valence-corrected chi connectivity index (χ2v) is 5.82. The van der Waals surface area contributed by atoms with Crippen molar-refractivity contribution in [3.63, 3.8) is 0 Å². The predicted molar refractivity (Wildman–Crippen MR) is 73.5 cm³/mol. The van der Waals surface area contributed by atoms with E-state index < -0.39 is 5.54 Å². The van der Waals surface area contributed by atoms with Gasteiger partial charge < -0.3 is 5.11 Å². The molecule has 1 saturated carbocycles. The highest BCUT2D eigenvalue weighted by Gasteiger charge is 2.39. The van der Waals surface area contributed by atoms with Crippen molar-refractivity contribution in [3.05, 3.63) is 27.2 Å². The first kappa shape index (κ1) is 13.3. The van der Waals surface area contributed by atoms with Gasteiger partial charge in [0.2, 0.25) is 6.08 Å². The molecule has 4 heteroatoms. The van der Waals surface area contributed by atoms with Crippen molar-refractivity contribution in [1.82, 2.24) is 0 Å². The molecule has 0 amide bonds. The van der Waals surface area contributed by atoms with Gasteiger partial charge in [-0.15, -0.1) is 0 Å². The minimum atomic E-state index is -0.579. The Kier molecular flexibility index (Phi) is 3.60. The maximum absolute atomic E-state index is 10.7. The fraction of sp³-hybridized carbons (Fsp3) is 0.500. The van der Waals surface area contributed by atoms with Crippen LogP contribution in [0.5, 0.6) is 5.75 Å². The second kappa shape index (κ2) is 4.87. The topological polar surface area (TPSA) is 49.7 Å². The monoisotopic (exact) mass is 309 g/mol. The minimum absolute atomic E-state index is 0.261. The van der Waals surface area contributed by atoms with Crippen LogP contribution in [0.1, 0.15) is 42.4 Å². The molecule has 1 fully saturated rings. The number of rotatable bonds is 2. The van der Waals surface area contributed by atoms with Crippen LogP contribution < -0.4 is 0 Å². The van der Waals surface area contributed by atoms with Gasteiger partial charge in [-0.3, -0.25) is 0 Å². The van der Waals surface area contributed by atoms with E-state index in [1.165, 1.54) is 0 Å². The Morgan fingerprint density at radius 3 is 2.56 bits per heavy atom. The molecule has 1 aliphatic carbocycles. The molecule has 0 aromatic heterocycles. The SMILES string of the molecule is Cc1cc(Br)c(C)c(C2(N=C=O)CCCC2)c1O. The zero-order chi connectivity index (χ0) is 13.3. The Morgan fingerprint density at radius 1 is 1.39 bits per heavy atom. The van der Waals surface area contributed by atoms with Crippen LogP contribution in [0.25, 0.3) is 0 Å². The molecule has 2 rings (SSSR count). The third-order valence-corrected chi connectivity index (χ3v) is 4.67. The highest BCUT2D eigenvalue weighted by Crippen LogP contribution is 2.48. The number of hydrogen-bond donors (Lipinski definition) is 1. The molecule has 1 aromatic carbocycles. The third-order valence-electron chi connectivity index (χ3n) is 3.84. The van der Waals surface area contributed by atoms with E-state index in [2.05, 4.69) is 20.9 Å². The Balaban J connectivity index is 2.72. The molecular formula is C14H16BrNO2. The summed E-state index contributed by atoms with van der Waals surface area (Å²) < 4.78 is 0.945. The van der Waals surface area contributed by atoms with Gasteiger partial charge in [0.25, 0.3) is 0 Å². The maximum Gasteiger partial charge on any atom is 0.235 e. The highest BCUT2D eigenvalue weighted by molar-refractivity contribution is 9.10. The number of carbonyl (C=O) groups excluding carboxylic acids is 1. The van der Waals surface area contributed by atoms with E-state index in [4.69, 9.17) is 0 Å². The standard InChI is InChI=1S/C14H16BrNO2/c1-9-7-11(15)10(2)12(13(9)18)14(16-8-17)5-3-4-6-14/h7,18H,3-6H2,1-2H3. The number of aromatic hydroxyl groups is 1. The van der Waals surface area contributed by atoms with Crippen LogP contribution in [-0.2, 0) is 10.3 Å². The van der Waals surface area contributed by atoms with Crippen molar-refractivity contribution < 1.29 is 9.90 Å². The fourth-order valence-electron chi connectivity index (χ4n) is 2.90. The van der Waals surface area contributed by atoms with Gasteiger partial charge in [-0.25, -0.2) is 4.79 Å². The van der Waals surface area contributed by atoms with E-state index in [0.29, 0.717) is 0 Å². The summed E-state index contributed by atoms with van der Waals surface area (Å²) in [4.78, 5) is 14.8. The molecule has 96 valence electrons. The van der Waals surface area contributed by atoms with Crippen LogP contribution in [0.2, 0.25) is 0 Å². The van der Waals surface area contributed by atoms with Crippen molar-refractivity contribution in [2.24, 2.45) is 4.99 Å². The molecule has 1 N–H and O–H groups in total. The molecule has 0 spiro atoms. The molecule has 0 atom stereocenters. The number of halogens is 1. The highest BCUT2D eigenvalue weighted by atomic mass is 79.9. The summed E-state index contributed by atoms with van der Waals surface area (Å²) in [7, 11) is 0. The van der Waals surface area contributed by atoms with Crippen LogP contribution >= 0.6 is 15.9 Å². The molecule has 0 unspecified atom stereocenters. The van der Waals surface area contributed by atoms with Crippen molar-refractivity contribution >= 4 is 22.0 Å². The zero-order valence-corrected chi connectivity index (χ0v) is 12.2. The lowest BCUT2D eigenvalue weighted by molar-refractivity contribution is 0.404. The lowest BCUT2D eigenvalue weighted by Crippen LogP contribution is -2.21. The Labute approximate surface area is 115 Å². The molecule has 0 bridgehead atoms. The summed E-state index contributed by atoms with van der Waals surface area (Å²) >= 11 is 3.50. The van der Waals surface area contributed by atoms with Crippen LogP contribution in [0.4, 0.5) is 0 Å². The molecule has 1 aliphatic rings. The average molecular weight is 310 g/mol. The molecule has 1 aromatic rings. The minimum Gasteiger partial charge on any atom is -0.507 e. The predicted octanol–water partition coefficient (Wildman–Crippen LogP) is 3.88. The van der Waals surface area contributed by atoms with Crippen molar-refractivity contribution in [2.45, 2.75) is 45.1 Å². The maximum atomic E-state index is 10.7. The number of benzene rings is 1. The number of aliphatic imine (C=N–C) groups is 1. The Hall–Kier alpha value is -1.12. The van der Waals surface area contributed by atoms with Crippen molar-refractivity contribution in [3.8, 4) is 5.75 Å². The first-order valence-corrected chi connectivity index (χ1v) is 6.89. The number of isocyanates is 1. The lowest BCUT2D eigenvalue weighted by atomic mass is 9.84. The summed E-state index contributed by atoms with van der Waals surface area (Å²) in [6, 6.07) is 1.89. The normalized spacial score (nSPS) is 17.5. The fourth-order valence-corrected chi connectivity index (χ4v) is 3.44. The molecule has 0 heterocycles. The number of aryl methyl sites for hydroxylation is 1. The summed E-state index contributed by atoms with van der Waals surface area (Å²) in [6.07, 6.45) is 5.33. The van der Waals surface area contributed by atoms with Gasteiger partial charge in [0.1, 0.15) is 11.3 Å². The van der Waals surface area contributed by atoms with E-state index in [1.807, 2.05) is 19.9 Å². The summed E-state index contributed by atoms with van der Waals surface area (Å²) in [5.74, 6) is 0.261. The van der Waals surface area contributed by atoms with E-state index in [9.17, 15) is 9.90 Å². The van der Waals surface area contributed by atoms with Gasteiger partial charge >= 0.3 is 0 Å². The van der Waals surface area contributed by atoms with E-state index in [0.717, 1.165) is 46.8 Å². The summed E-state index contributed by atoms with van der Waals surface area (Å²) in [5.41, 5.74) is 1.97. The van der Waals surface area contributed by atoms with Crippen LogP contribution in [0.3, 0.4) is 0 Å². The van der Waals surface area contributed by atoms with Gasteiger partial charge in [-0.05, 0) is 43.9 Å². The van der Waals surface area contributed by atoms with Crippen LogP contribution in [-0.4, -0.2) is 11.2 Å². The smallest absolute Gasteiger partial charge is 0.235 e. The zero-order valence-electron chi connectivity index (χ0n) is 10.6. The molecule has 3 nitrogen and oxygen atoms in total. The quantitative estimate of drug-likeness (QED) is 0.666. The van der Waals surface area contributed by atoms with Crippen molar-refractivity contribution in [2.75, 3.05) is 0 Å². The van der Waals surface area contributed by atoms with Crippen molar-refractivity contribution in [1.29, 1.82) is 0 Å². The van der Waals surface area contributed by atoms with Gasteiger partial charge in [-0.2, -0.15) is 4.99 Å². The van der Waals surface area contributed by atoms with Gasteiger partial charge in [0.15, 0.2) is 0 Å². The van der Waals surface area contributed by atoms with Gasteiger partial charge in [0, 0.05) is 10.0 Å².